The Balaban J connectivity index is 0.000000231. The molecule has 42 heavy (non-hydrogen) atoms. The van der Waals surface area contributed by atoms with Gasteiger partial charge in [-0.2, -0.15) is 52.7 Å². The van der Waals surface area contributed by atoms with Gasteiger partial charge in [0.25, 0.3) is 17.6 Å². The zero-order chi connectivity index (χ0) is 32.6. The second-order valence-corrected chi connectivity index (χ2v) is 9.74. The van der Waals surface area contributed by atoms with E-state index in [1.807, 2.05) is 0 Å². The Kier molecular flexibility index (Phi) is 8.29. The Morgan fingerprint density at radius 2 is 0.952 bits per heavy atom. The Bertz CT molecular complexity index is 1060. The van der Waals surface area contributed by atoms with Crippen molar-refractivity contribution >= 4 is 0 Å². The molecule has 0 saturated heterocycles. The number of halogens is 18. The van der Waals surface area contributed by atoms with Crippen LogP contribution in [0.2, 0.25) is 0 Å². The molecule has 244 valence electrons. The first-order valence-electron chi connectivity index (χ1n) is 11.3. The molecule has 2 fully saturated rings. The Morgan fingerprint density at radius 1 is 0.548 bits per heavy atom. The monoisotopic (exact) mass is 658 g/mol. The van der Waals surface area contributed by atoms with Crippen LogP contribution in [-0.4, -0.2) is 67.3 Å². The summed E-state index contributed by atoms with van der Waals surface area (Å²) in [6, 6.07) is 0. The first-order chi connectivity index (χ1) is 18.5. The highest BCUT2D eigenvalue weighted by atomic mass is 19.4. The zero-order valence-corrected chi connectivity index (χ0v) is 20.0. The van der Waals surface area contributed by atoms with Crippen molar-refractivity contribution in [1.29, 1.82) is 0 Å². The van der Waals surface area contributed by atoms with Gasteiger partial charge in [0.05, 0.1) is 0 Å². The van der Waals surface area contributed by atoms with Gasteiger partial charge >= 0.3 is 36.5 Å². The van der Waals surface area contributed by atoms with Crippen molar-refractivity contribution in [3.63, 3.8) is 0 Å². The summed E-state index contributed by atoms with van der Waals surface area (Å²) in [5.41, 5.74) is 0. The van der Waals surface area contributed by atoms with E-state index < -0.39 is 104 Å². The van der Waals surface area contributed by atoms with Gasteiger partial charge in [-0.25, -0.2) is 17.9 Å². The average molecular weight is 658 g/mol. The molecule has 4 aliphatic rings. The van der Waals surface area contributed by atoms with Crippen LogP contribution in [0.15, 0.2) is 24.3 Å². The fourth-order valence-corrected chi connectivity index (χ4v) is 4.90. The van der Waals surface area contributed by atoms with Crippen molar-refractivity contribution in [1.82, 2.24) is 0 Å². The average Bonchev–Trinajstić information content (AvgIpc) is 3.55. The molecule has 0 aromatic heterocycles. The van der Waals surface area contributed by atoms with Crippen molar-refractivity contribution in [2.24, 2.45) is 23.7 Å². The van der Waals surface area contributed by atoms with Gasteiger partial charge in [-0.15, -0.1) is 13.2 Å². The van der Waals surface area contributed by atoms with Gasteiger partial charge in [-0.3, -0.25) is 0 Å². The summed E-state index contributed by atoms with van der Waals surface area (Å²) < 4.78 is 240. The van der Waals surface area contributed by atoms with Crippen LogP contribution in [-0.2, 0) is 14.2 Å². The third-order valence-electron chi connectivity index (χ3n) is 6.97. The van der Waals surface area contributed by atoms with Crippen LogP contribution in [0.5, 0.6) is 0 Å². The lowest BCUT2D eigenvalue weighted by Crippen LogP contribution is -2.57. The number of ether oxygens (including phenoxy) is 3. The highest BCUT2D eigenvalue weighted by Crippen LogP contribution is 2.61. The predicted octanol–water partition coefficient (Wildman–Crippen LogP) is 7.98. The van der Waals surface area contributed by atoms with E-state index in [9.17, 15) is 79.0 Å². The van der Waals surface area contributed by atoms with Gasteiger partial charge in [0.2, 0.25) is 0 Å². The molecule has 4 bridgehead atoms. The maximum Gasteiger partial charge on any atom is 0.525 e. The summed E-state index contributed by atoms with van der Waals surface area (Å²) in [5.74, 6) is -35.2. The van der Waals surface area contributed by atoms with Crippen LogP contribution >= 0.6 is 0 Å². The summed E-state index contributed by atoms with van der Waals surface area (Å²) in [6.45, 7) is -5.05. The lowest BCUT2D eigenvalue weighted by atomic mass is 9.96. The zero-order valence-electron chi connectivity index (χ0n) is 20.0. The molecule has 0 N–H and O–H groups in total. The minimum atomic E-state index is -6.64. The number of alkyl halides is 18. The first-order valence-corrected chi connectivity index (χ1v) is 11.3. The number of fused-ring (bicyclic) bond motifs is 4. The standard InChI is InChI=1S/C11H8F10O.C10H8F8O2/c12-7(13,10(17,18)11(19,20)21)4-22-9(16)6-2-1-5(3-6)8(9,14)15;11-7(12,13)4-19-8(14)5-1-2-6(3-5)9(8,15)20-10(16,17)18/h1-2,5-6H,3-4H2;1-2,5-6H,3-4H2. The topological polar surface area (TPSA) is 27.7 Å². The lowest BCUT2D eigenvalue weighted by molar-refractivity contribution is -0.448. The Hall–Kier alpha value is -1.90. The quantitative estimate of drug-likeness (QED) is 0.205. The molecule has 0 radical (unpaired) electrons. The van der Waals surface area contributed by atoms with Gasteiger partial charge in [0.15, 0.2) is 0 Å². The SMILES string of the molecule is FC(F)(F)C(F)(F)C(F)(F)COC1(F)C2C=CC(C2)C1(F)F.FC(F)(F)COC1(F)C2C=CC(C2)C1(F)OC(F)(F)F. The van der Waals surface area contributed by atoms with Crippen LogP contribution in [0.25, 0.3) is 0 Å². The Morgan fingerprint density at radius 3 is 1.36 bits per heavy atom. The van der Waals surface area contributed by atoms with E-state index in [1.54, 1.807) is 0 Å². The van der Waals surface area contributed by atoms with Gasteiger partial charge in [-0.1, -0.05) is 24.3 Å². The van der Waals surface area contributed by atoms with E-state index in [0.717, 1.165) is 24.3 Å². The normalized spacial score (nSPS) is 37.4. The van der Waals surface area contributed by atoms with Crippen molar-refractivity contribution in [2.75, 3.05) is 13.2 Å². The maximum atomic E-state index is 14.3. The molecule has 0 heterocycles. The number of hydrogen-bond acceptors (Lipinski definition) is 3. The largest absolute Gasteiger partial charge is 0.525 e. The second kappa shape index (κ2) is 10.1. The van der Waals surface area contributed by atoms with E-state index in [2.05, 4.69) is 14.2 Å². The van der Waals surface area contributed by atoms with Gasteiger partial charge < -0.3 is 9.47 Å². The first kappa shape index (κ1) is 34.6. The molecule has 7 unspecified atom stereocenters. The van der Waals surface area contributed by atoms with E-state index in [4.69, 9.17) is 0 Å². The minimum Gasteiger partial charge on any atom is -0.334 e. The molecule has 4 rings (SSSR count). The van der Waals surface area contributed by atoms with Crippen LogP contribution in [0.3, 0.4) is 0 Å². The summed E-state index contributed by atoms with van der Waals surface area (Å²) >= 11 is 0. The molecule has 0 aliphatic heterocycles. The van der Waals surface area contributed by atoms with Crippen molar-refractivity contribution in [2.45, 2.75) is 66.9 Å². The molecule has 21 heteroatoms. The molecular formula is C21H16F18O3. The van der Waals surface area contributed by atoms with Crippen molar-refractivity contribution in [3.8, 4) is 0 Å². The predicted molar refractivity (Wildman–Crippen MR) is 99.0 cm³/mol. The van der Waals surface area contributed by atoms with E-state index in [1.165, 1.54) is 0 Å². The van der Waals surface area contributed by atoms with Crippen LogP contribution < -0.4 is 0 Å². The second-order valence-electron chi connectivity index (χ2n) is 9.74. The highest BCUT2D eigenvalue weighted by Gasteiger charge is 2.77. The summed E-state index contributed by atoms with van der Waals surface area (Å²) in [6.07, 6.45) is -14.4. The number of rotatable bonds is 7. The fraction of sp³-hybridized carbons (Fsp3) is 0.810. The molecular weight excluding hydrogens is 642 g/mol. The summed E-state index contributed by atoms with van der Waals surface area (Å²) in [5, 5.41) is 0. The van der Waals surface area contributed by atoms with Gasteiger partial charge in [0.1, 0.15) is 13.2 Å². The maximum absolute atomic E-state index is 14.3. The van der Waals surface area contributed by atoms with E-state index >= 15 is 0 Å². The van der Waals surface area contributed by atoms with Crippen molar-refractivity contribution in [3.05, 3.63) is 24.3 Å². The van der Waals surface area contributed by atoms with Gasteiger partial charge in [0, 0.05) is 23.7 Å². The molecule has 4 aliphatic carbocycles. The molecule has 0 aromatic carbocycles. The van der Waals surface area contributed by atoms with E-state index in [0.29, 0.717) is 0 Å². The summed E-state index contributed by atoms with van der Waals surface area (Å²) in [7, 11) is 0. The number of hydrogen-bond donors (Lipinski definition) is 0. The van der Waals surface area contributed by atoms with Crippen molar-refractivity contribution < 1.29 is 93.2 Å². The van der Waals surface area contributed by atoms with E-state index in [-0.39, 0.29) is 0 Å². The fourth-order valence-electron chi connectivity index (χ4n) is 4.90. The third kappa shape index (κ3) is 5.68. The lowest BCUT2D eigenvalue weighted by Gasteiger charge is -2.39. The summed E-state index contributed by atoms with van der Waals surface area (Å²) in [4.78, 5) is 0. The van der Waals surface area contributed by atoms with Gasteiger partial charge in [-0.05, 0) is 12.8 Å². The molecule has 0 amide bonds. The molecule has 2 saturated carbocycles. The molecule has 7 atom stereocenters. The Labute approximate surface area is 222 Å². The van der Waals surface area contributed by atoms with Crippen LogP contribution in [0.1, 0.15) is 12.8 Å². The highest BCUT2D eigenvalue weighted by molar-refractivity contribution is 5.23. The third-order valence-corrected chi connectivity index (χ3v) is 6.97. The minimum absolute atomic E-state index is 0.457. The number of allylic oxidation sites excluding steroid dienone is 1. The smallest absolute Gasteiger partial charge is 0.334 e. The van der Waals surface area contributed by atoms with Crippen LogP contribution in [0.4, 0.5) is 79.0 Å². The molecule has 0 aromatic rings. The van der Waals surface area contributed by atoms with Crippen LogP contribution in [0, 0.1) is 23.7 Å². The molecule has 3 nitrogen and oxygen atoms in total. The molecule has 0 spiro atoms.